The van der Waals surface area contributed by atoms with Crippen LogP contribution in [0.2, 0.25) is 0 Å². The molecule has 1 atom stereocenters. The van der Waals surface area contributed by atoms with E-state index in [9.17, 15) is 9.59 Å². The van der Waals surface area contributed by atoms with Crippen molar-refractivity contribution in [3.05, 3.63) is 54.4 Å². The van der Waals surface area contributed by atoms with Crippen molar-refractivity contribution in [2.45, 2.75) is 30.8 Å². The van der Waals surface area contributed by atoms with Crippen LogP contribution in [0.25, 0.3) is 0 Å². The molecule has 3 rings (SSSR count). The predicted molar refractivity (Wildman–Crippen MR) is 96.4 cm³/mol. The fourth-order valence-corrected chi connectivity index (χ4v) is 3.40. The summed E-state index contributed by atoms with van der Waals surface area (Å²) in [4.78, 5) is 25.5. The van der Waals surface area contributed by atoms with Crippen LogP contribution in [0.1, 0.15) is 18.4 Å². The molecule has 1 unspecified atom stereocenters. The van der Waals surface area contributed by atoms with Crippen molar-refractivity contribution in [2.75, 3.05) is 20.2 Å². The first-order valence-electron chi connectivity index (χ1n) is 8.79. The SMILES string of the molecule is COC(=O)C(Cc1ccccc1)NC(=O)C1(n2cccn2)CCNCC1. The summed E-state index contributed by atoms with van der Waals surface area (Å²) in [5.41, 5.74) is 0.166. The Balaban J connectivity index is 1.82. The number of hydrogen-bond acceptors (Lipinski definition) is 5. The molecule has 138 valence electrons. The maximum atomic E-state index is 13.2. The zero-order chi connectivity index (χ0) is 18.4. The first-order valence-corrected chi connectivity index (χ1v) is 8.79. The van der Waals surface area contributed by atoms with E-state index in [4.69, 9.17) is 4.74 Å². The van der Waals surface area contributed by atoms with Crippen LogP contribution in [0.5, 0.6) is 0 Å². The first-order chi connectivity index (χ1) is 12.7. The molecule has 1 fully saturated rings. The standard InChI is InChI=1S/C19H24N4O3/c1-26-17(24)16(14-15-6-3-2-4-7-15)22-18(25)19(8-11-20-12-9-19)23-13-5-10-21-23/h2-7,10,13,16,20H,8-9,11-12,14H2,1H3,(H,22,25). The average molecular weight is 356 g/mol. The van der Waals surface area contributed by atoms with Gasteiger partial charge in [0.2, 0.25) is 5.91 Å². The van der Waals surface area contributed by atoms with E-state index in [0.717, 1.165) is 18.7 Å². The van der Waals surface area contributed by atoms with Gasteiger partial charge in [0.1, 0.15) is 11.6 Å². The second kappa shape index (κ2) is 8.14. The lowest BCUT2D eigenvalue weighted by Crippen LogP contribution is -2.58. The van der Waals surface area contributed by atoms with Gasteiger partial charge in [-0.3, -0.25) is 9.48 Å². The summed E-state index contributed by atoms with van der Waals surface area (Å²) in [6.07, 6.45) is 5.07. The van der Waals surface area contributed by atoms with Gasteiger partial charge >= 0.3 is 5.97 Å². The summed E-state index contributed by atoms with van der Waals surface area (Å²) in [6.45, 7) is 1.43. The van der Waals surface area contributed by atoms with E-state index >= 15 is 0 Å². The number of nitrogens with one attached hydrogen (secondary N) is 2. The van der Waals surface area contributed by atoms with Crippen LogP contribution in [-0.4, -0.2) is 47.9 Å². The number of amides is 1. The second-order valence-electron chi connectivity index (χ2n) is 6.47. The van der Waals surface area contributed by atoms with Gasteiger partial charge in [-0.05, 0) is 37.6 Å². The number of benzene rings is 1. The Morgan fingerprint density at radius 1 is 1.27 bits per heavy atom. The molecule has 2 aromatic rings. The van der Waals surface area contributed by atoms with Crippen molar-refractivity contribution in [3.63, 3.8) is 0 Å². The van der Waals surface area contributed by atoms with Gasteiger partial charge in [-0.1, -0.05) is 30.3 Å². The highest BCUT2D eigenvalue weighted by molar-refractivity contribution is 5.89. The molecule has 0 spiro atoms. The highest BCUT2D eigenvalue weighted by Gasteiger charge is 2.43. The molecular formula is C19H24N4O3. The number of aromatic nitrogens is 2. The maximum absolute atomic E-state index is 13.2. The van der Waals surface area contributed by atoms with E-state index in [1.54, 1.807) is 23.1 Å². The van der Waals surface area contributed by atoms with E-state index in [2.05, 4.69) is 15.7 Å². The molecule has 0 bridgehead atoms. The van der Waals surface area contributed by atoms with Crippen molar-refractivity contribution < 1.29 is 14.3 Å². The van der Waals surface area contributed by atoms with Gasteiger partial charge < -0.3 is 15.4 Å². The second-order valence-corrected chi connectivity index (χ2v) is 6.47. The van der Waals surface area contributed by atoms with Crippen molar-refractivity contribution >= 4 is 11.9 Å². The lowest BCUT2D eigenvalue weighted by Gasteiger charge is -2.37. The number of rotatable bonds is 6. The van der Waals surface area contributed by atoms with E-state index < -0.39 is 17.6 Å². The van der Waals surface area contributed by atoms with Crippen LogP contribution in [0.15, 0.2) is 48.8 Å². The third kappa shape index (κ3) is 3.77. The molecular weight excluding hydrogens is 332 g/mol. The van der Waals surface area contributed by atoms with Gasteiger partial charge in [0.25, 0.3) is 0 Å². The number of carbonyl (C=O) groups is 2. The molecule has 2 heterocycles. The molecule has 2 N–H and O–H groups in total. The summed E-state index contributed by atoms with van der Waals surface area (Å²) >= 11 is 0. The smallest absolute Gasteiger partial charge is 0.328 e. The minimum atomic E-state index is -0.794. The number of esters is 1. The molecule has 1 saturated heterocycles. The van der Waals surface area contributed by atoms with Crippen molar-refractivity contribution in [1.29, 1.82) is 0 Å². The zero-order valence-electron chi connectivity index (χ0n) is 14.9. The van der Waals surface area contributed by atoms with Gasteiger partial charge in [0.15, 0.2) is 0 Å². The number of nitrogens with zero attached hydrogens (tertiary/aromatic N) is 2. The number of hydrogen-bond donors (Lipinski definition) is 2. The van der Waals surface area contributed by atoms with Crippen LogP contribution >= 0.6 is 0 Å². The van der Waals surface area contributed by atoms with Crippen LogP contribution in [-0.2, 0) is 26.3 Å². The lowest BCUT2D eigenvalue weighted by molar-refractivity contribution is -0.147. The molecule has 1 aliphatic rings. The summed E-state index contributed by atoms with van der Waals surface area (Å²) in [6, 6.07) is 10.6. The molecule has 1 amide bonds. The Hall–Kier alpha value is -2.67. The highest BCUT2D eigenvalue weighted by atomic mass is 16.5. The topological polar surface area (TPSA) is 85.2 Å². The summed E-state index contributed by atoms with van der Waals surface area (Å²) in [5, 5.41) is 10.5. The monoisotopic (exact) mass is 356 g/mol. The molecule has 7 heteroatoms. The van der Waals surface area contributed by atoms with Crippen LogP contribution < -0.4 is 10.6 Å². The zero-order valence-corrected chi connectivity index (χ0v) is 14.9. The Morgan fingerprint density at radius 2 is 2.00 bits per heavy atom. The van der Waals surface area contributed by atoms with Gasteiger partial charge in [-0.2, -0.15) is 5.10 Å². The fraction of sp³-hybridized carbons (Fsp3) is 0.421. The third-order valence-corrected chi connectivity index (χ3v) is 4.87. The molecule has 1 aromatic carbocycles. The van der Waals surface area contributed by atoms with Crippen molar-refractivity contribution in [1.82, 2.24) is 20.4 Å². The van der Waals surface area contributed by atoms with Crippen molar-refractivity contribution in [3.8, 4) is 0 Å². The van der Waals surface area contributed by atoms with Crippen LogP contribution in [0.4, 0.5) is 0 Å². The number of piperidine rings is 1. The Morgan fingerprint density at radius 3 is 2.62 bits per heavy atom. The van der Waals surface area contributed by atoms with Gasteiger partial charge in [0.05, 0.1) is 7.11 Å². The van der Waals surface area contributed by atoms with Crippen molar-refractivity contribution in [2.24, 2.45) is 0 Å². The normalized spacial score (nSPS) is 17.3. The quantitative estimate of drug-likeness (QED) is 0.750. The van der Waals surface area contributed by atoms with Gasteiger partial charge in [-0.15, -0.1) is 0 Å². The molecule has 0 radical (unpaired) electrons. The molecule has 0 aliphatic carbocycles. The average Bonchev–Trinajstić information content (AvgIpc) is 3.23. The van der Waals surface area contributed by atoms with E-state index in [1.807, 2.05) is 30.3 Å². The van der Waals surface area contributed by atoms with E-state index in [0.29, 0.717) is 19.3 Å². The van der Waals surface area contributed by atoms with Gasteiger partial charge in [0, 0.05) is 18.8 Å². The van der Waals surface area contributed by atoms with Crippen LogP contribution in [0, 0.1) is 0 Å². The number of carbonyl (C=O) groups excluding carboxylic acids is 2. The maximum Gasteiger partial charge on any atom is 0.328 e. The highest BCUT2D eigenvalue weighted by Crippen LogP contribution is 2.27. The third-order valence-electron chi connectivity index (χ3n) is 4.87. The lowest BCUT2D eigenvalue weighted by atomic mass is 9.87. The Labute approximate surface area is 152 Å². The Bertz CT molecular complexity index is 725. The minimum absolute atomic E-state index is 0.200. The number of ether oxygens (including phenoxy) is 1. The largest absolute Gasteiger partial charge is 0.467 e. The Kier molecular flexibility index (Phi) is 5.68. The molecule has 1 aromatic heterocycles. The summed E-state index contributed by atoms with van der Waals surface area (Å²) in [5.74, 6) is -0.652. The summed E-state index contributed by atoms with van der Waals surface area (Å²) in [7, 11) is 1.33. The van der Waals surface area contributed by atoms with Gasteiger partial charge in [-0.25, -0.2) is 4.79 Å². The molecule has 7 nitrogen and oxygen atoms in total. The van der Waals surface area contributed by atoms with E-state index in [-0.39, 0.29) is 5.91 Å². The molecule has 1 aliphatic heterocycles. The summed E-state index contributed by atoms with van der Waals surface area (Å²) < 4.78 is 6.62. The predicted octanol–water partition coefficient (Wildman–Crippen LogP) is 0.862. The molecule has 26 heavy (non-hydrogen) atoms. The first kappa shape index (κ1) is 18.1. The molecule has 0 saturated carbocycles. The minimum Gasteiger partial charge on any atom is -0.467 e. The van der Waals surface area contributed by atoms with Crippen LogP contribution in [0.3, 0.4) is 0 Å². The fourth-order valence-electron chi connectivity index (χ4n) is 3.40. The van der Waals surface area contributed by atoms with E-state index in [1.165, 1.54) is 7.11 Å². The number of methoxy groups -OCH3 is 1.